The molecule has 0 aromatic heterocycles. The monoisotopic (exact) mass is 389 g/mol. The highest BCUT2D eigenvalue weighted by molar-refractivity contribution is 6.36. The van der Waals surface area contributed by atoms with E-state index in [2.05, 4.69) is 16.0 Å². The number of urea groups is 1. The van der Waals surface area contributed by atoms with Gasteiger partial charge in [0, 0.05) is 27.0 Å². The molecule has 0 aliphatic carbocycles. The number of rotatable bonds is 3. The van der Waals surface area contributed by atoms with Crippen molar-refractivity contribution in [2.75, 3.05) is 5.32 Å². The van der Waals surface area contributed by atoms with Gasteiger partial charge in [0.15, 0.2) is 0 Å². The van der Waals surface area contributed by atoms with E-state index in [4.69, 9.17) is 23.2 Å². The lowest BCUT2D eigenvalue weighted by Crippen LogP contribution is -2.46. The van der Waals surface area contributed by atoms with Crippen LogP contribution in [0.5, 0.6) is 0 Å². The first-order valence-electron chi connectivity index (χ1n) is 7.97. The summed E-state index contributed by atoms with van der Waals surface area (Å²) in [5, 5.41) is 9.01. The van der Waals surface area contributed by atoms with E-state index >= 15 is 0 Å². The van der Waals surface area contributed by atoms with Gasteiger partial charge in [-0.15, -0.1) is 0 Å². The Hall–Kier alpha value is -2.50. The third-order valence-corrected chi connectivity index (χ3v) is 4.85. The molecule has 0 fully saturated rings. The molecule has 1 unspecified atom stereocenters. The normalized spacial score (nSPS) is 16.8. The largest absolute Gasteiger partial charge is 0.327 e. The van der Waals surface area contributed by atoms with Crippen molar-refractivity contribution in [3.8, 4) is 0 Å². The zero-order valence-corrected chi connectivity index (χ0v) is 15.7. The standard InChI is InChI=1S/C19H17Cl2N3O2/c1-10-6-3-4-9-14(10)23-18(25)15-11(2)22-19(26)24-17(15)16-12(20)7-5-8-13(16)21/h3-9,17H,1-2H3,(H,23,25)(H2,22,24,26). The van der Waals surface area contributed by atoms with Gasteiger partial charge in [-0.25, -0.2) is 4.79 Å². The molecule has 7 heteroatoms. The number of aryl methyl sites for hydroxylation is 1. The zero-order valence-electron chi connectivity index (χ0n) is 14.2. The average Bonchev–Trinajstić information content (AvgIpc) is 2.56. The lowest BCUT2D eigenvalue weighted by molar-refractivity contribution is -0.113. The van der Waals surface area contributed by atoms with Crippen LogP contribution in [0.25, 0.3) is 0 Å². The predicted molar refractivity (Wildman–Crippen MR) is 103 cm³/mol. The van der Waals surface area contributed by atoms with Crippen molar-refractivity contribution in [1.82, 2.24) is 10.6 Å². The van der Waals surface area contributed by atoms with Crippen molar-refractivity contribution in [2.45, 2.75) is 19.9 Å². The van der Waals surface area contributed by atoms with Crippen molar-refractivity contribution in [1.29, 1.82) is 0 Å². The maximum absolute atomic E-state index is 13.0. The number of anilines is 1. The second kappa shape index (κ2) is 7.40. The minimum absolute atomic E-state index is 0.342. The molecule has 134 valence electrons. The van der Waals surface area contributed by atoms with Crippen molar-refractivity contribution < 1.29 is 9.59 Å². The van der Waals surface area contributed by atoms with Gasteiger partial charge in [-0.2, -0.15) is 0 Å². The summed E-state index contributed by atoms with van der Waals surface area (Å²) >= 11 is 12.6. The van der Waals surface area contributed by atoms with Crippen molar-refractivity contribution >= 4 is 40.8 Å². The van der Waals surface area contributed by atoms with Crippen LogP contribution in [0, 0.1) is 6.92 Å². The quantitative estimate of drug-likeness (QED) is 0.719. The molecular weight excluding hydrogens is 373 g/mol. The summed E-state index contributed by atoms with van der Waals surface area (Å²) in [5.74, 6) is -0.342. The molecule has 1 aliphatic heterocycles. The van der Waals surface area contributed by atoms with Gasteiger partial charge in [-0.05, 0) is 37.6 Å². The number of halogens is 2. The van der Waals surface area contributed by atoms with Crippen LogP contribution in [0.2, 0.25) is 10.0 Å². The first-order valence-corrected chi connectivity index (χ1v) is 8.73. The Labute approximate surface area is 161 Å². The third-order valence-electron chi connectivity index (χ3n) is 4.20. The first-order chi connectivity index (χ1) is 12.4. The maximum Gasteiger partial charge on any atom is 0.319 e. The van der Waals surface area contributed by atoms with Crippen molar-refractivity contribution in [3.05, 3.63) is 74.9 Å². The van der Waals surface area contributed by atoms with Crippen LogP contribution in [-0.2, 0) is 4.79 Å². The Bertz CT molecular complexity index is 905. The Balaban J connectivity index is 2.04. The fourth-order valence-corrected chi connectivity index (χ4v) is 3.52. The van der Waals surface area contributed by atoms with E-state index in [0.717, 1.165) is 5.56 Å². The number of carbonyl (C=O) groups excluding carboxylic acids is 2. The molecule has 0 radical (unpaired) electrons. The highest BCUT2D eigenvalue weighted by Crippen LogP contribution is 2.36. The van der Waals surface area contributed by atoms with Gasteiger partial charge in [0.2, 0.25) is 0 Å². The average molecular weight is 390 g/mol. The van der Waals surface area contributed by atoms with Gasteiger partial charge in [0.25, 0.3) is 5.91 Å². The van der Waals surface area contributed by atoms with E-state index in [1.807, 2.05) is 31.2 Å². The number of amides is 3. The molecule has 3 amide bonds. The lowest BCUT2D eigenvalue weighted by Gasteiger charge is -2.29. The van der Waals surface area contributed by atoms with Gasteiger partial charge in [-0.3, -0.25) is 4.79 Å². The number of hydrogen-bond acceptors (Lipinski definition) is 2. The molecule has 0 saturated heterocycles. The smallest absolute Gasteiger partial charge is 0.319 e. The maximum atomic E-state index is 13.0. The SMILES string of the molecule is CC1=C(C(=O)Nc2ccccc2C)C(c2c(Cl)cccc2Cl)NC(=O)N1. The number of nitrogens with one attached hydrogen (secondary N) is 3. The fraction of sp³-hybridized carbons (Fsp3) is 0.158. The molecule has 1 heterocycles. The summed E-state index contributed by atoms with van der Waals surface area (Å²) in [6.07, 6.45) is 0. The Morgan fingerprint density at radius 2 is 1.69 bits per heavy atom. The predicted octanol–water partition coefficient (Wildman–Crippen LogP) is 4.57. The number of benzene rings is 2. The van der Waals surface area contributed by atoms with Crippen LogP contribution in [0.15, 0.2) is 53.7 Å². The van der Waals surface area contributed by atoms with Crippen LogP contribution >= 0.6 is 23.2 Å². The summed E-state index contributed by atoms with van der Waals surface area (Å²) in [7, 11) is 0. The molecule has 3 rings (SSSR count). The van der Waals surface area contributed by atoms with E-state index in [0.29, 0.717) is 32.6 Å². The topological polar surface area (TPSA) is 70.2 Å². The fourth-order valence-electron chi connectivity index (χ4n) is 2.90. The Morgan fingerprint density at radius 3 is 2.35 bits per heavy atom. The van der Waals surface area contributed by atoms with Crippen LogP contribution in [0.3, 0.4) is 0 Å². The molecule has 2 aromatic rings. The third kappa shape index (κ3) is 3.54. The van der Waals surface area contributed by atoms with Crippen LogP contribution in [0.1, 0.15) is 24.1 Å². The molecule has 26 heavy (non-hydrogen) atoms. The molecule has 0 bridgehead atoms. The van der Waals surface area contributed by atoms with Gasteiger partial charge in [0.05, 0.1) is 11.6 Å². The minimum Gasteiger partial charge on any atom is -0.327 e. The molecule has 1 atom stereocenters. The van der Waals surface area contributed by atoms with Crippen LogP contribution in [-0.4, -0.2) is 11.9 Å². The summed E-state index contributed by atoms with van der Waals surface area (Å²) in [5.41, 5.74) is 2.90. The number of hydrogen-bond donors (Lipinski definition) is 3. The van der Waals surface area contributed by atoms with E-state index in [9.17, 15) is 9.59 Å². The summed E-state index contributed by atoms with van der Waals surface area (Å²) in [6, 6.07) is 11.3. The second-order valence-electron chi connectivity index (χ2n) is 5.97. The minimum atomic E-state index is -0.756. The lowest BCUT2D eigenvalue weighted by atomic mass is 9.94. The number of para-hydroxylation sites is 1. The van der Waals surface area contributed by atoms with Gasteiger partial charge < -0.3 is 16.0 Å². The Morgan fingerprint density at radius 1 is 1.04 bits per heavy atom. The van der Waals surface area contributed by atoms with E-state index < -0.39 is 12.1 Å². The highest BCUT2D eigenvalue weighted by atomic mass is 35.5. The molecule has 0 saturated carbocycles. The van der Waals surface area contributed by atoms with Crippen molar-refractivity contribution in [3.63, 3.8) is 0 Å². The van der Waals surface area contributed by atoms with E-state index in [-0.39, 0.29) is 5.91 Å². The van der Waals surface area contributed by atoms with Crippen LogP contribution < -0.4 is 16.0 Å². The highest BCUT2D eigenvalue weighted by Gasteiger charge is 2.33. The summed E-state index contributed by atoms with van der Waals surface area (Å²) in [6.45, 7) is 3.57. The summed E-state index contributed by atoms with van der Waals surface area (Å²) < 4.78 is 0. The van der Waals surface area contributed by atoms with Crippen LogP contribution in [0.4, 0.5) is 10.5 Å². The molecular formula is C19H17Cl2N3O2. The van der Waals surface area contributed by atoms with E-state index in [1.54, 1.807) is 25.1 Å². The molecule has 3 N–H and O–H groups in total. The molecule has 0 spiro atoms. The first kappa shape index (κ1) is 18.3. The Kier molecular flexibility index (Phi) is 5.20. The number of allylic oxidation sites excluding steroid dienone is 1. The molecule has 5 nitrogen and oxygen atoms in total. The second-order valence-corrected chi connectivity index (χ2v) is 6.79. The van der Waals surface area contributed by atoms with Gasteiger partial charge in [0.1, 0.15) is 0 Å². The van der Waals surface area contributed by atoms with E-state index in [1.165, 1.54) is 0 Å². The molecule has 1 aliphatic rings. The van der Waals surface area contributed by atoms with Gasteiger partial charge >= 0.3 is 6.03 Å². The zero-order chi connectivity index (χ0) is 18.8. The summed E-state index contributed by atoms with van der Waals surface area (Å²) in [4.78, 5) is 25.0. The van der Waals surface area contributed by atoms with Gasteiger partial charge in [-0.1, -0.05) is 47.5 Å². The number of carbonyl (C=O) groups is 2. The van der Waals surface area contributed by atoms with Crippen molar-refractivity contribution in [2.24, 2.45) is 0 Å². The molecule has 2 aromatic carbocycles.